The van der Waals surface area contributed by atoms with Gasteiger partial charge in [-0.15, -0.1) is 0 Å². The molecule has 1 unspecified atom stereocenters. The third kappa shape index (κ3) is 6.43. The molecule has 0 saturated carbocycles. The van der Waals surface area contributed by atoms with E-state index in [9.17, 15) is 0 Å². The monoisotopic (exact) mass is 646 g/mol. The molecule has 0 radical (unpaired) electrons. The van der Waals surface area contributed by atoms with Crippen molar-refractivity contribution in [2.45, 2.75) is 6.23 Å². The summed E-state index contributed by atoms with van der Waals surface area (Å²) in [5.74, 6) is 1.58. The van der Waals surface area contributed by atoms with E-state index in [-0.39, 0.29) is 0 Å². The maximum absolute atomic E-state index is 6.26. The lowest BCUT2D eigenvalue weighted by Gasteiger charge is -2.34. The highest BCUT2D eigenvalue weighted by molar-refractivity contribution is 7.80. The van der Waals surface area contributed by atoms with Crippen LogP contribution >= 0.6 is 15.8 Å². The standard InChI is InChI=1S/C38H36N2O4P2/c1-41-33-25-31(45(27-17-9-5-10-18-27)28-19-11-6-12-20-28)35(37(39-33)43-3)36-32(26-34(42-2)40-38(36)44-4)46(29-21-13-7-14-22-29)30-23-15-8-16-24-30/h5-26,37,39H,1-4H3. The number of hydrogen-bond donors (Lipinski definition) is 1. The van der Waals surface area contributed by atoms with Crippen LogP contribution in [0.1, 0.15) is 5.56 Å². The Hall–Kier alpha value is -4.47. The van der Waals surface area contributed by atoms with Crippen molar-refractivity contribution in [2.24, 2.45) is 0 Å². The number of nitrogens with one attached hydrogen (secondary N) is 1. The molecule has 6 nitrogen and oxygen atoms in total. The zero-order valence-corrected chi connectivity index (χ0v) is 28.0. The minimum absolute atomic E-state index is 0.468. The van der Waals surface area contributed by atoms with Gasteiger partial charge in [0.2, 0.25) is 11.8 Å². The van der Waals surface area contributed by atoms with Gasteiger partial charge in [-0.1, -0.05) is 121 Å². The van der Waals surface area contributed by atoms with Gasteiger partial charge >= 0.3 is 0 Å². The van der Waals surface area contributed by atoms with Gasteiger partial charge in [-0.25, -0.2) is 0 Å². The summed E-state index contributed by atoms with van der Waals surface area (Å²) in [4.78, 5) is 4.87. The van der Waals surface area contributed by atoms with E-state index in [1.807, 2.05) is 12.1 Å². The van der Waals surface area contributed by atoms with Crippen molar-refractivity contribution in [3.8, 4) is 11.8 Å². The topological polar surface area (TPSA) is 61.8 Å². The van der Waals surface area contributed by atoms with Crippen LogP contribution in [0.25, 0.3) is 5.57 Å². The van der Waals surface area contributed by atoms with E-state index < -0.39 is 22.1 Å². The van der Waals surface area contributed by atoms with Crippen LogP contribution in [0.4, 0.5) is 0 Å². The van der Waals surface area contributed by atoms with E-state index >= 15 is 0 Å². The summed E-state index contributed by atoms with van der Waals surface area (Å²) < 4.78 is 24.0. The summed E-state index contributed by atoms with van der Waals surface area (Å²) in [5, 5.41) is 10.4. The van der Waals surface area contributed by atoms with Crippen molar-refractivity contribution in [3.63, 3.8) is 0 Å². The fraction of sp³-hybridized carbons (Fsp3) is 0.132. The summed E-state index contributed by atoms with van der Waals surface area (Å²) in [6.45, 7) is 0. The molecule has 1 aliphatic heterocycles. The maximum Gasteiger partial charge on any atom is 0.224 e. The summed E-state index contributed by atoms with van der Waals surface area (Å²) >= 11 is 0. The first-order valence-corrected chi connectivity index (χ1v) is 17.6. The van der Waals surface area contributed by atoms with E-state index in [1.54, 1.807) is 28.4 Å². The molecule has 46 heavy (non-hydrogen) atoms. The van der Waals surface area contributed by atoms with Crippen LogP contribution < -0.4 is 41.3 Å². The van der Waals surface area contributed by atoms with Gasteiger partial charge in [-0.2, -0.15) is 4.98 Å². The van der Waals surface area contributed by atoms with Gasteiger partial charge in [0.25, 0.3) is 0 Å². The molecule has 1 aromatic heterocycles. The first-order chi connectivity index (χ1) is 22.7. The van der Waals surface area contributed by atoms with Gasteiger partial charge in [-0.3, -0.25) is 0 Å². The van der Waals surface area contributed by atoms with Crippen LogP contribution in [-0.2, 0) is 9.47 Å². The van der Waals surface area contributed by atoms with Crippen LogP contribution in [0.3, 0.4) is 0 Å². The molecule has 8 heteroatoms. The van der Waals surface area contributed by atoms with E-state index in [2.05, 4.69) is 127 Å². The van der Waals surface area contributed by atoms with E-state index in [0.717, 1.165) is 21.8 Å². The van der Waals surface area contributed by atoms with Crippen molar-refractivity contribution < 1.29 is 18.9 Å². The van der Waals surface area contributed by atoms with Gasteiger partial charge < -0.3 is 24.3 Å². The van der Waals surface area contributed by atoms with Gasteiger partial charge in [-0.05, 0) is 42.4 Å². The molecule has 0 saturated heterocycles. The molecule has 0 bridgehead atoms. The molecule has 1 atom stereocenters. The fourth-order valence-electron chi connectivity index (χ4n) is 5.65. The number of benzene rings is 4. The van der Waals surface area contributed by atoms with E-state index in [1.165, 1.54) is 21.2 Å². The van der Waals surface area contributed by atoms with Crippen LogP contribution in [0.5, 0.6) is 11.8 Å². The lowest BCUT2D eigenvalue weighted by molar-refractivity contribution is 0.103. The van der Waals surface area contributed by atoms with Crippen molar-refractivity contribution in [1.82, 2.24) is 10.3 Å². The smallest absolute Gasteiger partial charge is 0.224 e. The Labute approximate surface area is 273 Å². The average molecular weight is 647 g/mol. The molecular weight excluding hydrogens is 610 g/mol. The second-order valence-corrected chi connectivity index (χ2v) is 14.7. The number of nitrogens with zero attached hydrogens (tertiary/aromatic N) is 1. The highest BCUT2D eigenvalue weighted by atomic mass is 31.1. The van der Waals surface area contributed by atoms with Gasteiger partial charge in [0.1, 0.15) is 0 Å². The van der Waals surface area contributed by atoms with Crippen molar-refractivity contribution >= 4 is 47.9 Å². The quantitative estimate of drug-likeness (QED) is 0.184. The average Bonchev–Trinajstić information content (AvgIpc) is 3.13. The Kier molecular flexibility index (Phi) is 10.1. The molecule has 0 fully saturated rings. The number of pyridine rings is 1. The molecule has 1 aliphatic rings. The molecule has 0 spiro atoms. The number of rotatable bonds is 11. The van der Waals surface area contributed by atoms with Crippen molar-refractivity contribution in [3.05, 3.63) is 150 Å². The summed E-state index contributed by atoms with van der Waals surface area (Å²) in [6, 6.07) is 44.5. The normalized spacial score (nSPS) is 14.6. The Morgan fingerprint density at radius 2 is 1.07 bits per heavy atom. The van der Waals surface area contributed by atoms with Crippen molar-refractivity contribution in [1.29, 1.82) is 0 Å². The zero-order chi connectivity index (χ0) is 31.9. The minimum atomic E-state index is -1.08. The number of allylic oxidation sites excluding steroid dienone is 2. The second-order valence-electron chi connectivity index (χ2n) is 10.4. The number of dihydropyridines is 1. The second kappa shape index (κ2) is 14.7. The Bertz CT molecular complexity index is 1740. The van der Waals surface area contributed by atoms with Crippen LogP contribution in [0.2, 0.25) is 0 Å². The first kappa shape index (κ1) is 31.5. The first-order valence-electron chi connectivity index (χ1n) is 14.9. The number of hydrogen-bond acceptors (Lipinski definition) is 6. The number of methoxy groups -OCH3 is 4. The van der Waals surface area contributed by atoms with Crippen LogP contribution in [0, 0.1) is 0 Å². The molecule has 1 N–H and O–H groups in total. The van der Waals surface area contributed by atoms with Gasteiger partial charge in [0.05, 0.1) is 26.9 Å². The SMILES string of the molecule is COC1=CC(P(c2ccccc2)c2ccccc2)=C(c2c(P(c3ccccc3)c3ccccc3)cc(OC)nc2OC)C(OC)N1. The molecule has 5 aromatic rings. The largest absolute Gasteiger partial charge is 0.482 e. The number of aromatic nitrogens is 1. The minimum Gasteiger partial charge on any atom is -0.482 e. The highest BCUT2D eigenvalue weighted by Crippen LogP contribution is 2.52. The Balaban J connectivity index is 1.75. The molecule has 6 rings (SSSR count). The fourth-order valence-corrected chi connectivity index (χ4v) is 10.6. The Morgan fingerprint density at radius 1 is 0.587 bits per heavy atom. The van der Waals surface area contributed by atoms with Crippen LogP contribution in [0.15, 0.2) is 145 Å². The molecule has 232 valence electrons. The highest BCUT2D eigenvalue weighted by Gasteiger charge is 2.36. The molecule has 4 aromatic carbocycles. The molecule has 0 amide bonds. The summed E-state index contributed by atoms with van der Waals surface area (Å²) in [6.07, 6.45) is 1.55. The third-order valence-corrected chi connectivity index (χ3v) is 12.6. The van der Waals surface area contributed by atoms with Crippen LogP contribution in [-0.4, -0.2) is 39.7 Å². The van der Waals surface area contributed by atoms with Crippen molar-refractivity contribution in [2.75, 3.05) is 28.4 Å². The molecule has 0 aliphatic carbocycles. The lowest BCUT2D eigenvalue weighted by Crippen LogP contribution is -2.38. The lowest BCUT2D eigenvalue weighted by atomic mass is 10.0. The van der Waals surface area contributed by atoms with E-state index in [0.29, 0.717) is 17.6 Å². The predicted molar refractivity (Wildman–Crippen MR) is 191 cm³/mol. The zero-order valence-electron chi connectivity index (χ0n) is 26.3. The summed E-state index contributed by atoms with van der Waals surface area (Å²) in [5.41, 5.74) is 1.82. The molecule has 2 heterocycles. The predicted octanol–water partition coefficient (Wildman–Crippen LogP) is 5.76. The number of ether oxygens (including phenoxy) is 4. The van der Waals surface area contributed by atoms with E-state index in [4.69, 9.17) is 23.9 Å². The molecular formula is C38H36N2O4P2. The summed E-state index contributed by atoms with van der Waals surface area (Å²) in [7, 11) is 4.53. The van der Waals surface area contributed by atoms with Gasteiger partial charge in [0, 0.05) is 30.1 Å². The van der Waals surface area contributed by atoms with Gasteiger partial charge in [0.15, 0.2) is 12.1 Å². The Morgan fingerprint density at radius 3 is 1.48 bits per heavy atom. The maximum atomic E-state index is 6.26. The third-order valence-electron chi connectivity index (χ3n) is 7.69.